The van der Waals surface area contributed by atoms with Crippen molar-refractivity contribution in [1.29, 1.82) is 0 Å². The molecule has 1 unspecified atom stereocenters. The first-order valence-corrected chi connectivity index (χ1v) is 18.8. The Hall–Kier alpha value is -6.02. The standard InChI is InChI=1S/C18H20F3N3O5S2.C16H12ClN5O/c1-10-5-11(2)7-12(6-10)22-17(25)24-23-14-9-16(31(4,27)28)15(29-30(3)26)8-13(14)18(19,20)21;1-10-4-6-11(7-5-10)20-16(23)22-21-13-9-15(19-3)14(18-2)8-12(13)17/h5-9,23H,1-4H3,(H2,22,24,25);4-9,21H,1H3,(H2,20,22,23). The average Bonchev–Trinajstić information content (AvgIpc) is 3.06. The zero-order valence-electron chi connectivity index (χ0n) is 29.0. The number of nitrogens with one attached hydrogen (secondary N) is 6. The third-order valence-electron chi connectivity index (χ3n) is 6.71. The van der Waals surface area contributed by atoms with Crippen LogP contribution in [0.25, 0.3) is 9.69 Å². The molecular weight excluding hydrogens is 773 g/mol. The topological polar surface area (TPSA) is 175 Å². The second-order valence-electron chi connectivity index (χ2n) is 11.3. The van der Waals surface area contributed by atoms with Gasteiger partial charge < -0.3 is 14.8 Å². The number of amides is 4. The summed E-state index contributed by atoms with van der Waals surface area (Å²) < 4.78 is 80.6. The molecule has 0 radical (unpaired) electrons. The SMILES string of the molecule is Cc1cc(C)cc(NC(=O)NNc2cc(S(C)(=O)=O)c(OS(C)=O)cc2C(F)(F)F)c1.[C-]#[N+]c1cc(Cl)c(NNC(=O)Nc2ccc(C)cc2)cc1[N+]#[C-]. The van der Waals surface area contributed by atoms with Gasteiger partial charge >= 0.3 is 18.2 Å². The smallest absolute Gasteiger partial charge is 0.399 e. The summed E-state index contributed by atoms with van der Waals surface area (Å²) in [5.74, 6) is -0.721. The predicted molar refractivity (Wildman–Crippen MR) is 202 cm³/mol. The molecule has 14 nitrogen and oxygen atoms in total. The lowest BCUT2D eigenvalue weighted by atomic mass is 10.1. The van der Waals surface area contributed by atoms with Crippen LogP contribution in [0.2, 0.25) is 5.02 Å². The Morgan fingerprint density at radius 1 is 0.778 bits per heavy atom. The zero-order chi connectivity index (χ0) is 40.4. The minimum Gasteiger partial charge on any atom is -0.399 e. The lowest BCUT2D eigenvalue weighted by molar-refractivity contribution is -0.137. The van der Waals surface area contributed by atoms with Crippen LogP contribution in [0.15, 0.2) is 71.6 Å². The number of rotatable bonds is 9. The van der Waals surface area contributed by atoms with Gasteiger partial charge in [-0.3, -0.25) is 31.4 Å². The van der Waals surface area contributed by atoms with Crippen LogP contribution in [0.3, 0.4) is 0 Å². The molecule has 0 bridgehead atoms. The number of anilines is 4. The molecule has 6 N–H and O–H groups in total. The highest BCUT2D eigenvalue weighted by molar-refractivity contribution is 7.90. The third-order valence-corrected chi connectivity index (χ3v) is 8.56. The van der Waals surface area contributed by atoms with Crippen molar-refractivity contribution in [3.05, 3.63) is 117 Å². The number of hydrogen-bond acceptors (Lipinski definition) is 8. The molecule has 0 aliphatic heterocycles. The Morgan fingerprint density at radius 3 is 1.80 bits per heavy atom. The first-order chi connectivity index (χ1) is 25.2. The van der Waals surface area contributed by atoms with E-state index in [9.17, 15) is 35.4 Å². The Balaban J connectivity index is 0.000000303. The summed E-state index contributed by atoms with van der Waals surface area (Å²) in [4.78, 5) is 29.8. The molecule has 1 atom stereocenters. The highest BCUT2D eigenvalue weighted by Gasteiger charge is 2.36. The molecule has 0 aliphatic rings. The van der Waals surface area contributed by atoms with Crippen LogP contribution >= 0.6 is 11.6 Å². The number of alkyl halides is 3. The molecule has 4 amide bonds. The number of carbonyl (C=O) groups is 2. The van der Waals surface area contributed by atoms with Crippen molar-refractivity contribution in [2.45, 2.75) is 31.8 Å². The second-order valence-corrected chi connectivity index (χ2v) is 14.7. The van der Waals surface area contributed by atoms with E-state index in [0.717, 1.165) is 29.2 Å². The summed E-state index contributed by atoms with van der Waals surface area (Å²) >= 11 is 3.94. The van der Waals surface area contributed by atoms with Crippen LogP contribution in [0.4, 0.5) is 56.9 Å². The minimum atomic E-state index is -4.93. The number of urea groups is 2. The Morgan fingerprint density at radius 2 is 1.30 bits per heavy atom. The van der Waals surface area contributed by atoms with Gasteiger partial charge in [0, 0.05) is 23.9 Å². The van der Waals surface area contributed by atoms with E-state index in [-0.39, 0.29) is 16.4 Å². The van der Waals surface area contributed by atoms with E-state index < -0.39 is 61.1 Å². The van der Waals surface area contributed by atoms with Crippen LogP contribution in [-0.2, 0) is 27.1 Å². The van der Waals surface area contributed by atoms with E-state index in [0.29, 0.717) is 29.2 Å². The zero-order valence-corrected chi connectivity index (χ0v) is 31.4. The number of nitrogens with zero attached hydrogens (tertiary/aromatic N) is 2. The molecule has 0 heterocycles. The van der Waals surface area contributed by atoms with Gasteiger partial charge in [-0.1, -0.05) is 35.4 Å². The number of benzene rings is 4. The summed E-state index contributed by atoms with van der Waals surface area (Å²) in [6.07, 6.45) is -3.15. The molecule has 0 spiro atoms. The lowest BCUT2D eigenvalue weighted by Gasteiger charge is -2.18. The molecule has 54 heavy (non-hydrogen) atoms. The molecule has 0 aliphatic carbocycles. The van der Waals surface area contributed by atoms with Crippen LogP contribution in [0.5, 0.6) is 5.75 Å². The van der Waals surface area contributed by atoms with Crippen LogP contribution in [-0.4, -0.2) is 37.2 Å². The lowest BCUT2D eigenvalue weighted by Crippen LogP contribution is -2.34. The molecule has 4 aromatic rings. The molecule has 4 aromatic carbocycles. The van der Waals surface area contributed by atoms with Gasteiger partial charge in [-0.2, -0.15) is 13.2 Å². The molecule has 284 valence electrons. The summed E-state index contributed by atoms with van der Waals surface area (Å²) in [7, 11) is -4.06. The number of sulfone groups is 1. The maximum atomic E-state index is 13.5. The van der Waals surface area contributed by atoms with Crippen molar-refractivity contribution in [2.24, 2.45) is 0 Å². The largest absolute Gasteiger partial charge is 0.418 e. The van der Waals surface area contributed by atoms with Crippen molar-refractivity contribution in [2.75, 3.05) is 34.0 Å². The molecule has 20 heteroatoms. The van der Waals surface area contributed by atoms with Crippen LogP contribution in [0.1, 0.15) is 22.3 Å². The summed E-state index contributed by atoms with van der Waals surface area (Å²) in [5, 5.41) is 5.34. The van der Waals surface area contributed by atoms with Gasteiger partial charge in [-0.15, -0.1) is 0 Å². The number of aryl methyl sites for hydroxylation is 3. The maximum Gasteiger partial charge on any atom is 0.418 e. The highest BCUT2D eigenvalue weighted by atomic mass is 35.5. The first kappa shape index (κ1) is 42.4. The van der Waals surface area contributed by atoms with Crippen molar-refractivity contribution in [3.63, 3.8) is 0 Å². The number of carbonyl (C=O) groups excluding carboxylic acids is 2. The van der Waals surface area contributed by atoms with E-state index >= 15 is 0 Å². The normalized spacial score (nSPS) is 11.3. The Labute approximate surface area is 316 Å². The van der Waals surface area contributed by atoms with Crippen molar-refractivity contribution < 1.29 is 39.6 Å². The Kier molecular flexibility index (Phi) is 14.2. The van der Waals surface area contributed by atoms with Crippen molar-refractivity contribution in [3.8, 4) is 5.75 Å². The number of halogens is 4. The first-order valence-electron chi connectivity index (χ1n) is 15.1. The van der Waals surface area contributed by atoms with E-state index in [1.165, 1.54) is 12.1 Å². The van der Waals surface area contributed by atoms with E-state index in [1.807, 2.05) is 44.4 Å². The number of hydrazine groups is 2. The van der Waals surface area contributed by atoms with Crippen molar-refractivity contribution in [1.82, 2.24) is 10.9 Å². The maximum absolute atomic E-state index is 13.5. The third kappa shape index (κ3) is 12.6. The summed E-state index contributed by atoms with van der Waals surface area (Å²) in [6.45, 7) is 19.6. The van der Waals surface area contributed by atoms with Gasteiger partial charge in [0.25, 0.3) is 0 Å². The van der Waals surface area contributed by atoms with Crippen molar-refractivity contribution >= 4 is 78.7 Å². The van der Waals surface area contributed by atoms with Gasteiger partial charge in [0.2, 0.25) is 11.1 Å². The predicted octanol–water partition coefficient (Wildman–Crippen LogP) is 8.45. The summed E-state index contributed by atoms with van der Waals surface area (Å²) in [5.41, 5.74) is 11.7. The van der Waals surface area contributed by atoms with Crippen LogP contribution < -0.4 is 36.5 Å². The van der Waals surface area contributed by atoms with Gasteiger partial charge in [-0.05, 0) is 80.4 Å². The quantitative estimate of drug-likeness (QED) is 0.0722. The Bertz CT molecular complexity index is 2260. The van der Waals surface area contributed by atoms with Gasteiger partial charge in [0.15, 0.2) is 27.0 Å². The fourth-order valence-corrected chi connectivity index (χ4v) is 5.91. The fourth-order valence-electron chi connectivity index (χ4n) is 4.46. The molecule has 4 rings (SSSR count). The monoisotopic (exact) mass is 804 g/mol. The molecule has 0 fully saturated rings. The van der Waals surface area contributed by atoms with E-state index in [4.69, 9.17) is 28.9 Å². The fraction of sp³-hybridized carbons (Fsp3) is 0.176. The summed E-state index contributed by atoms with van der Waals surface area (Å²) in [6, 6.07) is 15.0. The molecular formula is C34H32ClF3N8O6S2. The second kappa shape index (κ2) is 18.1. The minimum absolute atomic E-state index is 0.160. The average molecular weight is 805 g/mol. The van der Waals surface area contributed by atoms with Gasteiger partial charge in [0.05, 0.1) is 35.1 Å². The molecule has 0 saturated heterocycles. The van der Waals surface area contributed by atoms with E-state index in [2.05, 4.69) is 36.6 Å². The molecule has 0 aromatic heterocycles. The van der Waals surface area contributed by atoms with Crippen LogP contribution in [0, 0.1) is 33.9 Å². The van der Waals surface area contributed by atoms with E-state index in [1.54, 1.807) is 24.3 Å². The number of hydrogen-bond donors (Lipinski definition) is 6. The van der Waals surface area contributed by atoms with Gasteiger partial charge in [0.1, 0.15) is 4.90 Å². The molecule has 0 saturated carbocycles. The highest BCUT2D eigenvalue weighted by Crippen LogP contribution is 2.40. The van der Waals surface area contributed by atoms with Gasteiger partial charge in [-0.25, -0.2) is 22.2 Å².